The van der Waals surface area contributed by atoms with Crippen LogP contribution in [0.4, 0.5) is 5.00 Å². The Morgan fingerprint density at radius 2 is 2.04 bits per heavy atom. The average molecular weight is 363 g/mol. The van der Waals surface area contributed by atoms with Gasteiger partial charge in [0, 0.05) is 11.8 Å². The fourth-order valence-corrected chi connectivity index (χ4v) is 4.72. The number of hydrogen-bond donors (Lipinski definition) is 1. The molecule has 1 aliphatic carbocycles. The van der Waals surface area contributed by atoms with Crippen molar-refractivity contribution in [3.8, 4) is 0 Å². The molecule has 0 bridgehead atoms. The maximum absolute atomic E-state index is 12.5. The van der Waals surface area contributed by atoms with Gasteiger partial charge in [0.25, 0.3) is 0 Å². The van der Waals surface area contributed by atoms with Crippen molar-refractivity contribution in [2.24, 2.45) is 0 Å². The van der Waals surface area contributed by atoms with E-state index in [2.05, 4.69) is 5.32 Å². The van der Waals surface area contributed by atoms with E-state index >= 15 is 0 Å². The average Bonchev–Trinajstić information content (AvgIpc) is 3.19. The van der Waals surface area contributed by atoms with Crippen molar-refractivity contribution in [3.63, 3.8) is 0 Å². The van der Waals surface area contributed by atoms with Gasteiger partial charge in [-0.2, -0.15) is 0 Å². The van der Waals surface area contributed by atoms with Gasteiger partial charge in [0.15, 0.2) is 6.61 Å². The second kappa shape index (κ2) is 7.27. The van der Waals surface area contributed by atoms with Crippen LogP contribution in [0.5, 0.6) is 0 Å². The maximum Gasteiger partial charge on any atom is 0.341 e. The van der Waals surface area contributed by atoms with Crippen LogP contribution in [-0.4, -0.2) is 24.3 Å². The summed E-state index contributed by atoms with van der Waals surface area (Å²) in [6.45, 7) is 1.12. The number of nitrogens with one attached hydrogen (secondary N) is 1. The summed E-state index contributed by atoms with van der Waals surface area (Å²) in [5.74, 6) is -0.983. The van der Waals surface area contributed by atoms with Crippen molar-refractivity contribution in [2.75, 3.05) is 11.9 Å². The first-order valence-electron chi connectivity index (χ1n) is 7.72. The molecule has 2 aromatic rings. The minimum Gasteiger partial charge on any atom is -0.454 e. The Morgan fingerprint density at radius 3 is 2.75 bits per heavy atom. The zero-order valence-corrected chi connectivity index (χ0v) is 14.9. The lowest BCUT2D eigenvalue weighted by Gasteiger charge is -2.12. The molecule has 0 fully saturated rings. The molecule has 24 heavy (non-hydrogen) atoms. The Morgan fingerprint density at radius 1 is 1.25 bits per heavy atom. The number of thiophene rings is 2. The Bertz CT molecular complexity index is 777. The Balaban J connectivity index is 1.79. The molecule has 5 nitrogen and oxygen atoms in total. The molecule has 0 aromatic carbocycles. The van der Waals surface area contributed by atoms with Gasteiger partial charge >= 0.3 is 5.97 Å². The number of carbonyl (C=O) groups is 3. The number of aryl methyl sites for hydroxylation is 1. The van der Waals surface area contributed by atoms with Crippen molar-refractivity contribution >= 4 is 45.3 Å². The van der Waals surface area contributed by atoms with E-state index in [0.717, 1.165) is 36.1 Å². The number of rotatable bonds is 5. The van der Waals surface area contributed by atoms with Crippen LogP contribution in [-0.2, 0) is 22.4 Å². The Labute approximate surface area is 147 Å². The zero-order valence-electron chi connectivity index (χ0n) is 13.2. The first-order chi connectivity index (χ1) is 11.6. The lowest BCUT2D eigenvalue weighted by Crippen LogP contribution is -2.17. The normalized spacial score (nSPS) is 13.2. The molecule has 2 aromatic heterocycles. The second-order valence-corrected chi connectivity index (χ2v) is 7.63. The summed E-state index contributed by atoms with van der Waals surface area (Å²) >= 11 is 2.75. The highest BCUT2D eigenvalue weighted by Crippen LogP contribution is 2.38. The van der Waals surface area contributed by atoms with E-state index in [1.807, 2.05) is 0 Å². The number of ketones is 1. The van der Waals surface area contributed by atoms with E-state index in [0.29, 0.717) is 15.4 Å². The van der Waals surface area contributed by atoms with Gasteiger partial charge in [-0.25, -0.2) is 4.79 Å². The number of ether oxygens (including phenoxy) is 1. The lowest BCUT2D eigenvalue weighted by molar-refractivity contribution is -0.114. The second-order valence-electron chi connectivity index (χ2n) is 5.57. The fourth-order valence-electron chi connectivity index (χ4n) is 2.74. The molecule has 7 heteroatoms. The van der Waals surface area contributed by atoms with Crippen molar-refractivity contribution in [2.45, 2.75) is 32.6 Å². The molecule has 0 spiro atoms. The van der Waals surface area contributed by atoms with Gasteiger partial charge in [-0.1, -0.05) is 6.07 Å². The maximum atomic E-state index is 12.5. The van der Waals surface area contributed by atoms with Crippen LogP contribution in [0.15, 0.2) is 17.5 Å². The van der Waals surface area contributed by atoms with Gasteiger partial charge in [-0.05, 0) is 42.7 Å². The monoisotopic (exact) mass is 363 g/mol. The van der Waals surface area contributed by atoms with Crippen LogP contribution >= 0.6 is 22.7 Å². The van der Waals surface area contributed by atoms with Gasteiger partial charge in [-0.3, -0.25) is 9.59 Å². The molecule has 0 unspecified atom stereocenters. The van der Waals surface area contributed by atoms with E-state index in [-0.39, 0.29) is 18.3 Å². The first-order valence-corrected chi connectivity index (χ1v) is 9.42. The topological polar surface area (TPSA) is 72.5 Å². The molecule has 1 amide bonds. The number of Topliss-reactive ketones (excluding diaryl/α,β-unsaturated/α-hetero) is 1. The van der Waals surface area contributed by atoms with E-state index in [1.54, 1.807) is 17.5 Å². The molecular weight excluding hydrogens is 346 g/mol. The predicted molar refractivity (Wildman–Crippen MR) is 94.2 cm³/mol. The third-order valence-corrected chi connectivity index (χ3v) is 5.91. The van der Waals surface area contributed by atoms with E-state index < -0.39 is 5.97 Å². The molecule has 0 radical (unpaired) electrons. The smallest absolute Gasteiger partial charge is 0.341 e. The van der Waals surface area contributed by atoms with Gasteiger partial charge in [0.2, 0.25) is 11.7 Å². The molecule has 3 rings (SSSR count). The molecule has 126 valence electrons. The Hall–Kier alpha value is -1.99. The van der Waals surface area contributed by atoms with Crippen molar-refractivity contribution in [1.82, 2.24) is 0 Å². The largest absolute Gasteiger partial charge is 0.454 e. The summed E-state index contributed by atoms with van der Waals surface area (Å²) in [6.07, 6.45) is 3.80. The minimum absolute atomic E-state index is 0.219. The highest BCUT2D eigenvalue weighted by Gasteiger charge is 2.27. The number of fused-ring (bicyclic) bond motifs is 1. The molecule has 0 saturated heterocycles. The summed E-state index contributed by atoms with van der Waals surface area (Å²) in [5, 5.41) is 5.06. The summed E-state index contributed by atoms with van der Waals surface area (Å²) in [6, 6.07) is 3.49. The van der Waals surface area contributed by atoms with Crippen LogP contribution in [0, 0.1) is 0 Å². The molecule has 0 saturated carbocycles. The number of amides is 1. The molecule has 2 heterocycles. The summed E-state index contributed by atoms with van der Waals surface area (Å²) in [7, 11) is 0. The van der Waals surface area contributed by atoms with E-state index in [4.69, 9.17) is 4.74 Å². The molecular formula is C17H17NO4S2. The third kappa shape index (κ3) is 3.57. The number of hydrogen-bond acceptors (Lipinski definition) is 6. The quantitative estimate of drug-likeness (QED) is 0.650. The number of anilines is 1. The predicted octanol–water partition coefficient (Wildman–Crippen LogP) is 3.69. The van der Waals surface area contributed by atoms with Gasteiger partial charge in [-0.15, -0.1) is 22.7 Å². The summed E-state index contributed by atoms with van der Waals surface area (Å²) < 4.78 is 5.23. The van der Waals surface area contributed by atoms with E-state index in [1.165, 1.54) is 29.6 Å². The van der Waals surface area contributed by atoms with Crippen molar-refractivity contribution < 1.29 is 19.1 Å². The minimum atomic E-state index is -0.539. The Kier molecular flexibility index (Phi) is 5.11. The molecule has 1 aliphatic rings. The van der Waals surface area contributed by atoms with Crippen LogP contribution in [0.3, 0.4) is 0 Å². The molecule has 0 aliphatic heterocycles. The lowest BCUT2D eigenvalue weighted by atomic mass is 9.95. The third-order valence-electron chi connectivity index (χ3n) is 3.80. The highest BCUT2D eigenvalue weighted by atomic mass is 32.1. The molecule has 0 atom stereocenters. The van der Waals surface area contributed by atoms with Gasteiger partial charge < -0.3 is 10.1 Å². The standard InChI is InChI=1S/C17H17NO4S2/c1-10(19)18-16-15(11-5-2-3-6-13(11)24-16)17(21)22-9-12(20)14-7-4-8-23-14/h4,7-8H,2-3,5-6,9H2,1H3,(H,18,19). The van der Waals surface area contributed by atoms with Crippen LogP contribution in [0.25, 0.3) is 0 Å². The first kappa shape index (κ1) is 16.9. The highest BCUT2D eigenvalue weighted by molar-refractivity contribution is 7.17. The van der Waals surface area contributed by atoms with E-state index in [9.17, 15) is 14.4 Å². The zero-order chi connectivity index (χ0) is 17.1. The van der Waals surface area contributed by atoms with Crippen LogP contribution in [0.1, 0.15) is 50.2 Å². The van der Waals surface area contributed by atoms with Crippen LogP contribution in [0.2, 0.25) is 0 Å². The molecule has 1 N–H and O–H groups in total. The fraction of sp³-hybridized carbons (Fsp3) is 0.353. The SMILES string of the molecule is CC(=O)Nc1sc2c(c1C(=O)OCC(=O)c1cccs1)CCCC2. The number of carbonyl (C=O) groups excluding carboxylic acids is 3. The number of esters is 1. The van der Waals surface area contributed by atoms with Gasteiger partial charge in [0.1, 0.15) is 5.00 Å². The van der Waals surface area contributed by atoms with Gasteiger partial charge in [0.05, 0.1) is 10.4 Å². The van der Waals surface area contributed by atoms with Crippen molar-refractivity contribution in [1.29, 1.82) is 0 Å². The van der Waals surface area contributed by atoms with Crippen LogP contribution < -0.4 is 5.32 Å². The van der Waals surface area contributed by atoms with Crippen molar-refractivity contribution in [3.05, 3.63) is 38.4 Å². The summed E-state index contributed by atoms with van der Waals surface area (Å²) in [5.41, 5.74) is 1.38. The summed E-state index contributed by atoms with van der Waals surface area (Å²) in [4.78, 5) is 37.6.